The Hall–Kier alpha value is -1.44. The Balaban J connectivity index is 2.33. The number of rotatable bonds is 3. The van der Waals surface area contributed by atoms with Crippen molar-refractivity contribution in [1.29, 1.82) is 0 Å². The number of hydrogen-bond donors (Lipinski definition) is 1. The topological polar surface area (TPSA) is 84.8 Å². The third kappa shape index (κ3) is 2.87. The van der Waals surface area contributed by atoms with E-state index in [9.17, 15) is 8.42 Å². The molecule has 2 aromatic rings. The summed E-state index contributed by atoms with van der Waals surface area (Å²) in [7, 11) is -3.85. The molecule has 18 heavy (non-hydrogen) atoms. The van der Waals surface area contributed by atoms with Crippen LogP contribution in [-0.2, 0) is 10.0 Å². The van der Waals surface area contributed by atoms with E-state index in [4.69, 9.17) is 23.2 Å². The molecule has 0 saturated carbocycles. The van der Waals surface area contributed by atoms with Crippen molar-refractivity contribution >= 4 is 39.0 Å². The standard InChI is InChI=1S/C9H6Cl2N4O2S/c10-7-3-4-8(14-13-7)15-18(16,17)6-2-1-5-12-9(6)11/h1-5H,(H,14,15). The zero-order valence-corrected chi connectivity index (χ0v) is 11.0. The minimum atomic E-state index is -3.85. The Labute approximate surface area is 113 Å². The summed E-state index contributed by atoms with van der Waals surface area (Å²) in [6.07, 6.45) is 1.39. The van der Waals surface area contributed by atoms with Crippen LogP contribution >= 0.6 is 23.2 Å². The molecule has 1 N–H and O–H groups in total. The Kier molecular flexibility index (Phi) is 3.65. The number of hydrogen-bond acceptors (Lipinski definition) is 5. The van der Waals surface area contributed by atoms with Crippen LogP contribution in [0.3, 0.4) is 0 Å². The fourth-order valence-electron chi connectivity index (χ4n) is 1.13. The maximum Gasteiger partial charge on any atom is 0.266 e. The van der Waals surface area contributed by atoms with E-state index in [0.29, 0.717) is 0 Å². The molecule has 0 radical (unpaired) electrons. The molecule has 2 rings (SSSR count). The predicted octanol–water partition coefficient (Wildman–Crippen LogP) is 1.98. The molecule has 2 heterocycles. The number of pyridine rings is 1. The van der Waals surface area contributed by atoms with Gasteiger partial charge in [-0.25, -0.2) is 13.4 Å². The zero-order chi connectivity index (χ0) is 13.2. The van der Waals surface area contributed by atoms with Crippen molar-refractivity contribution in [3.05, 3.63) is 40.8 Å². The van der Waals surface area contributed by atoms with Crippen LogP contribution < -0.4 is 4.72 Å². The van der Waals surface area contributed by atoms with Crippen LogP contribution in [0.4, 0.5) is 5.82 Å². The Morgan fingerprint density at radius 3 is 2.50 bits per heavy atom. The normalized spacial score (nSPS) is 11.2. The summed E-state index contributed by atoms with van der Waals surface area (Å²) in [5.41, 5.74) is 0. The summed E-state index contributed by atoms with van der Waals surface area (Å²) in [5, 5.41) is 7.15. The second-order valence-corrected chi connectivity index (χ2v) is 5.54. The van der Waals surface area contributed by atoms with Gasteiger partial charge in [-0.1, -0.05) is 23.2 Å². The van der Waals surface area contributed by atoms with Crippen molar-refractivity contribution in [2.24, 2.45) is 0 Å². The first kappa shape index (κ1) is 13.0. The highest BCUT2D eigenvalue weighted by atomic mass is 35.5. The Morgan fingerprint density at radius 1 is 1.11 bits per heavy atom. The third-order valence-corrected chi connectivity index (χ3v) is 3.89. The van der Waals surface area contributed by atoms with Gasteiger partial charge < -0.3 is 0 Å². The molecule has 6 nitrogen and oxygen atoms in total. The van der Waals surface area contributed by atoms with Crippen LogP contribution in [0.15, 0.2) is 35.4 Å². The summed E-state index contributed by atoms with van der Waals surface area (Å²) in [5.74, 6) is 0.0410. The van der Waals surface area contributed by atoms with Gasteiger partial charge in [0.1, 0.15) is 10.0 Å². The molecule has 0 atom stereocenters. The van der Waals surface area contributed by atoms with Crippen LogP contribution in [0, 0.1) is 0 Å². The number of nitrogens with one attached hydrogen (secondary N) is 1. The molecule has 0 aromatic carbocycles. The van der Waals surface area contributed by atoms with Gasteiger partial charge in [0.2, 0.25) is 0 Å². The maximum atomic E-state index is 12.0. The number of anilines is 1. The Morgan fingerprint density at radius 2 is 1.89 bits per heavy atom. The molecule has 0 saturated heterocycles. The largest absolute Gasteiger partial charge is 0.266 e. The van der Waals surface area contributed by atoms with Gasteiger partial charge in [-0.3, -0.25) is 4.72 Å². The SMILES string of the molecule is O=S(=O)(Nc1ccc(Cl)nn1)c1cccnc1Cl. The fraction of sp³-hybridized carbons (Fsp3) is 0. The molecule has 0 aliphatic heterocycles. The first-order chi connectivity index (χ1) is 8.49. The van der Waals surface area contributed by atoms with E-state index >= 15 is 0 Å². The second-order valence-electron chi connectivity index (χ2n) is 3.14. The van der Waals surface area contributed by atoms with Gasteiger partial charge in [-0.2, -0.15) is 0 Å². The van der Waals surface area contributed by atoms with E-state index in [1.807, 2.05) is 0 Å². The second kappa shape index (κ2) is 5.05. The van der Waals surface area contributed by atoms with E-state index in [1.54, 1.807) is 0 Å². The first-order valence-corrected chi connectivity index (χ1v) is 6.85. The summed E-state index contributed by atoms with van der Waals surface area (Å²) in [6.45, 7) is 0. The lowest BCUT2D eigenvalue weighted by Gasteiger charge is -2.07. The molecule has 2 aromatic heterocycles. The zero-order valence-electron chi connectivity index (χ0n) is 8.71. The molecular weight excluding hydrogens is 299 g/mol. The summed E-state index contributed by atoms with van der Waals surface area (Å²) < 4.78 is 26.2. The van der Waals surface area contributed by atoms with Crippen LogP contribution in [0.2, 0.25) is 10.3 Å². The van der Waals surface area contributed by atoms with Crippen molar-refractivity contribution < 1.29 is 8.42 Å². The monoisotopic (exact) mass is 304 g/mol. The molecule has 0 aliphatic carbocycles. The van der Waals surface area contributed by atoms with Gasteiger partial charge >= 0.3 is 0 Å². The summed E-state index contributed by atoms with van der Waals surface area (Å²) in [4.78, 5) is 3.55. The maximum absolute atomic E-state index is 12.0. The molecular formula is C9H6Cl2N4O2S. The van der Waals surface area contributed by atoms with Gasteiger partial charge in [0.15, 0.2) is 11.0 Å². The minimum Gasteiger partial charge on any atom is -0.262 e. The molecule has 0 spiro atoms. The highest BCUT2D eigenvalue weighted by Gasteiger charge is 2.19. The van der Waals surface area contributed by atoms with E-state index in [-0.39, 0.29) is 21.0 Å². The van der Waals surface area contributed by atoms with Gasteiger partial charge in [-0.15, -0.1) is 10.2 Å². The summed E-state index contributed by atoms with van der Waals surface area (Å²) in [6, 6.07) is 5.60. The lowest BCUT2D eigenvalue weighted by molar-refractivity contribution is 0.600. The van der Waals surface area contributed by atoms with Crippen molar-refractivity contribution in [3.63, 3.8) is 0 Å². The van der Waals surface area contributed by atoms with Crippen LogP contribution in [0.25, 0.3) is 0 Å². The fourth-order valence-corrected chi connectivity index (χ4v) is 2.69. The van der Waals surface area contributed by atoms with Gasteiger partial charge in [0, 0.05) is 6.20 Å². The Bertz CT molecular complexity index is 661. The van der Waals surface area contributed by atoms with Crippen molar-refractivity contribution in [3.8, 4) is 0 Å². The lowest BCUT2D eigenvalue weighted by Crippen LogP contribution is -2.15. The van der Waals surface area contributed by atoms with Crippen LogP contribution in [-0.4, -0.2) is 23.6 Å². The van der Waals surface area contributed by atoms with Crippen LogP contribution in [0.5, 0.6) is 0 Å². The molecule has 0 bridgehead atoms. The number of aromatic nitrogens is 3. The highest BCUT2D eigenvalue weighted by Crippen LogP contribution is 2.20. The van der Waals surface area contributed by atoms with E-state index in [1.165, 1.54) is 30.5 Å². The average Bonchev–Trinajstić information content (AvgIpc) is 2.32. The van der Waals surface area contributed by atoms with E-state index < -0.39 is 10.0 Å². The molecule has 0 amide bonds. The highest BCUT2D eigenvalue weighted by molar-refractivity contribution is 7.92. The molecule has 0 unspecified atom stereocenters. The number of halogens is 2. The molecule has 94 valence electrons. The molecule has 0 fully saturated rings. The van der Waals surface area contributed by atoms with Gasteiger partial charge in [0.05, 0.1) is 0 Å². The first-order valence-electron chi connectivity index (χ1n) is 4.61. The summed E-state index contributed by atoms with van der Waals surface area (Å²) >= 11 is 11.3. The van der Waals surface area contributed by atoms with Gasteiger partial charge in [0.25, 0.3) is 10.0 Å². The third-order valence-electron chi connectivity index (χ3n) is 1.89. The average molecular weight is 305 g/mol. The van der Waals surface area contributed by atoms with Gasteiger partial charge in [-0.05, 0) is 24.3 Å². The molecule has 0 aliphatic rings. The van der Waals surface area contributed by atoms with Crippen LogP contribution in [0.1, 0.15) is 0 Å². The van der Waals surface area contributed by atoms with E-state index in [0.717, 1.165) is 0 Å². The van der Waals surface area contributed by atoms with Crippen molar-refractivity contribution in [2.75, 3.05) is 4.72 Å². The lowest BCUT2D eigenvalue weighted by atomic mass is 10.5. The molecule has 9 heteroatoms. The number of sulfonamides is 1. The minimum absolute atomic E-state index is 0.0410. The smallest absolute Gasteiger partial charge is 0.262 e. The number of nitrogens with zero attached hydrogens (tertiary/aromatic N) is 3. The van der Waals surface area contributed by atoms with Crippen molar-refractivity contribution in [2.45, 2.75) is 4.90 Å². The quantitative estimate of drug-likeness (QED) is 0.876. The van der Waals surface area contributed by atoms with Crippen molar-refractivity contribution in [1.82, 2.24) is 15.2 Å². The van der Waals surface area contributed by atoms with E-state index in [2.05, 4.69) is 19.9 Å². The predicted molar refractivity (Wildman–Crippen MR) is 67.1 cm³/mol.